The highest BCUT2D eigenvalue weighted by Gasteiger charge is 2.20. The van der Waals surface area contributed by atoms with Crippen molar-refractivity contribution >= 4 is 39.4 Å². The molecule has 2 heterocycles. The van der Waals surface area contributed by atoms with Gasteiger partial charge in [0.15, 0.2) is 5.16 Å². The zero-order valence-corrected chi connectivity index (χ0v) is 17.1. The van der Waals surface area contributed by atoms with Crippen molar-refractivity contribution in [2.75, 3.05) is 11.1 Å². The molecule has 0 unspecified atom stereocenters. The van der Waals surface area contributed by atoms with Gasteiger partial charge in [-0.05, 0) is 30.5 Å². The molecule has 2 N–H and O–H groups in total. The van der Waals surface area contributed by atoms with Crippen LogP contribution in [0.3, 0.4) is 0 Å². The van der Waals surface area contributed by atoms with E-state index in [4.69, 9.17) is 0 Å². The summed E-state index contributed by atoms with van der Waals surface area (Å²) < 4.78 is 2.99. The molecule has 27 heavy (non-hydrogen) atoms. The summed E-state index contributed by atoms with van der Waals surface area (Å²) in [5.74, 6) is 1.02. The lowest BCUT2D eigenvalue weighted by Crippen LogP contribution is -2.19. The van der Waals surface area contributed by atoms with Crippen LogP contribution >= 0.6 is 27.7 Å². The van der Waals surface area contributed by atoms with Gasteiger partial charge < -0.3 is 10.3 Å². The lowest BCUT2D eigenvalue weighted by atomic mass is 10.2. The first-order valence-electron chi connectivity index (χ1n) is 8.96. The summed E-state index contributed by atoms with van der Waals surface area (Å²) in [7, 11) is 0. The molecule has 8 heteroatoms. The fraction of sp³-hybridized carbons (Fsp3) is 0.316. The zero-order valence-electron chi connectivity index (χ0n) is 14.7. The third-order valence-corrected chi connectivity index (χ3v) is 6.07. The highest BCUT2D eigenvalue weighted by atomic mass is 79.9. The van der Waals surface area contributed by atoms with Gasteiger partial charge in [0, 0.05) is 10.5 Å². The van der Waals surface area contributed by atoms with Crippen LogP contribution < -0.4 is 5.32 Å². The van der Waals surface area contributed by atoms with Crippen LogP contribution in [0.4, 0.5) is 5.82 Å². The minimum atomic E-state index is -0.0543. The van der Waals surface area contributed by atoms with E-state index in [0.29, 0.717) is 11.8 Å². The van der Waals surface area contributed by atoms with Gasteiger partial charge in [0.25, 0.3) is 0 Å². The number of halogens is 1. The third kappa shape index (κ3) is 4.44. The van der Waals surface area contributed by atoms with E-state index in [2.05, 4.69) is 36.3 Å². The van der Waals surface area contributed by atoms with E-state index in [9.17, 15) is 4.79 Å². The summed E-state index contributed by atoms with van der Waals surface area (Å²) in [4.78, 5) is 20.0. The summed E-state index contributed by atoms with van der Waals surface area (Å²) >= 11 is 4.82. The number of benzene rings is 1. The summed E-state index contributed by atoms with van der Waals surface area (Å²) in [6.45, 7) is 0. The number of thioether (sulfide) groups is 1. The van der Waals surface area contributed by atoms with E-state index in [-0.39, 0.29) is 5.91 Å². The number of nitrogens with one attached hydrogen (secondary N) is 2. The zero-order chi connectivity index (χ0) is 18.6. The molecule has 1 aromatic carbocycles. The molecule has 3 aromatic rings. The molecule has 4 rings (SSSR count). The Balaban J connectivity index is 1.33. The monoisotopic (exact) mass is 445 g/mol. The molecular formula is C19H20BrN5OS. The van der Waals surface area contributed by atoms with Crippen LogP contribution in [0.5, 0.6) is 0 Å². The fourth-order valence-electron chi connectivity index (χ4n) is 3.32. The number of anilines is 1. The molecule has 1 amide bonds. The average Bonchev–Trinajstić information content (AvgIpc) is 3.42. The maximum Gasteiger partial charge on any atom is 0.235 e. The number of aromatic amines is 1. The number of hydrogen-bond donors (Lipinski definition) is 2. The number of nitrogens with zero attached hydrogens (tertiary/aromatic N) is 3. The smallest absolute Gasteiger partial charge is 0.235 e. The second-order valence-electron chi connectivity index (χ2n) is 6.55. The lowest BCUT2D eigenvalue weighted by Gasteiger charge is -2.14. The Labute approximate surface area is 170 Å². The van der Waals surface area contributed by atoms with Gasteiger partial charge in [-0.1, -0.05) is 52.7 Å². The van der Waals surface area contributed by atoms with Gasteiger partial charge in [-0.2, -0.15) is 5.10 Å². The molecule has 0 saturated heterocycles. The van der Waals surface area contributed by atoms with E-state index in [1.54, 1.807) is 12.4 Å². The van der Waals surface area contributed by atoms with Crippen LogP contribution in [0.1, 0.15) is 31.7 Å². The third-order valence-electron chi connectivity index (χ3n) is 4.66. The van der Waals surface area contributed by atoms with E-state index >= 15 is 0 Å². The van der Waals surface area contributed by atoms with Crippen molar-refractivity contribution in [3.8, 4) is 11.3 Å². The molecule has 0 bridgehead atoms. The van der Waals surface area contributed by atoms with Gasteiger partial charge in [0.2, 0.25) is 5.91 Å². The summed E-state index contributed by atoms with van der Waals surface area (Å²) in [5.41, 5.74) is 1.99. The standard InChI is InChI=1S/C19H20BrN5OS/c20-14-7-5-13(6-8-14)16-11-21-19(23-16)27-12-18(26)24-17-9-10-22-25(17)15-3-1-2-4-15/h5-11,15H,1-4,12H2,(H,21,23)(H,24,26). The first kappa shape index (κ1) is 18.3. The van der Waals surface area contributed by atoms with Crippen molar-refractivity contribution in [1.82, 2.24) is 19.7 Å². The highest BCUT2D eigenvalue weighted by Crippen LogP contribution is 2.31. The SMILES string of the molecule is O=C(CSc1ncc(-c2ccc(Br)cc2)[nH]1)Nc1ccnn1C1CCCC1. The molecule has 0 radical (unpaired) electrons. The first-order valence-corrected chi connectivity index (χ1v) is 10.7. The molecular weight excluding hydrogens is 426 g/mol. The normalized spacial score (nSPS) is 14.6. The van der Waals surface area contributed by atoms with Crippen LogP contribution in [0.15, 0.2) is 52.4 Å². The number of rotatable bonds is 6. The maximum absolute atomic E-state index is 12.3. The number of hydrogen-bond acceptors (Lipinski definition) is 4. The minimum absolute atomic E-state index is 0.0543. The van der Waals surface area contributed by atoms with E-state index in [1.165, 1.54) is 24.6 Å². The van der Waals surface area contributed by atoms with Crippen molar-refractivity contribution in [1.29, 1.82) is 0 Å². The van der Waals surface area contributed by atoms with Crippen molar-refractivity contribution in [2.24, 2.45) is 0 Å². The molecule has 1 aliphatic rings. The quantitative estimate of drug-likeness (QED) is 0.529. The lowest BCUT2D eigenvalue weighted by molar-refractivity contribution is -0.113. The van der Waals surface area contributed by atoms with E-state index in [0.717, 1.165) is 39.5 Å². The molecule has 0 spiro atoms. The number of imidazole rings is 1. The fourth-order valence-corrected chi connectivity index (χ4v) is 4.23. The number of carbonyl (C=O) groups is 1. The Morgan fingerprint density at radius 1 is 1.26 bits per heavy atom. The summed E-state index contributed by atoms with van der Waals surface area (Å²) in [6.07, 6.45) is 8.26. The Hall–Kier alpha value is -2.06. The van der Waals surface area contributed by atoms with Gasteiger partial charge in [-0.3, -0.25) is 4.79 Å². The Kier molecular flexibility index (Phi) is 5.63. The largest absolute Gasteiger partial charge is 0.333 e. The molecule has 1 aliphatic carbocycles. The summed E-state index contributed by atoms with van der Waals surface area (Å²) in [6, 6.07) is 10.3. The van der Waals surface area contributed by atoms with Crippen LogP contribution in [0.2, 0.25) is 0 Å². The van der Waals surface area contributed by atoms with Crippen LogP contribution in [-0.4, -0.2) is 31.4 Å². The summed E-state index contributed by atoms with van der Waals surface area (Å²) in [5, 5.41) is 8.09. The number of amides is 1. The maximum atomic E-state index is 12.3. The molecule has 0 aliphatic heterocycles. The Morgan fingerprint density at radius 2 is 2.04 bits per heavy atom. The molecule has 140 valence electrons. The van der Waals surface area contributed by atoms with Gasteiger partial charge >= 0.3 is 0 Å². The number of H-pyrrole nitrogens is 1. The first-order chi connectivity index (χ1) is 13.2. The average molecular weight is 446 g/mol. The van der Waals surface area contributed by atoms with Crippen molar-refractivity contribution in [3.05, 3.63) is 47.2 Å². The molecule has 1 saturated carbocycles. The van der Waals surface area contributed by atoms with Crippen molar-refractivity contribution in [2.45, 2.75) is 36.9 Å². The minimum Gasteiger partial charge on any atom is -0.333 e. The highest BCUT2D eigenvalue weighted by molar-refractivity contribution is 9.10. The second-order valence-corrected chi connectivity index (χ2v) is 8.42. The Morgan fingerprint density at radius 3 is 2.81 bits per heavy atom. The molecule has 6 nitrogen and oxygen atoms in total. The number of aromatic nitrogens is 4. The topological polar surface area (TPSA) is 75.6 Å². The predicted molar refractivity (Wildman–Crippen MR) is 111 cm³/mol. The van der Waals surface area contributed by atoms with Gasteiger partial charge in [-0.25, -0.2) is 9.67 Å². The predicted octanol–water partition coefficient (Wildman–Crippen LogP) is 4.88. The molecule has 1 fully saturated rings. The molecule has 2 aromatic heterocycles. The van der Waals surface area contributed by atoms with E-state index < -0.39 is 0 Å². The van der Waals surface area contributed by atoms with Crippen LogP contribution in [0, 0.1) is 0 Å². The van der Waals surface area contributed by atoms with Crippen LogP contribution in [0.25, 0.3) is 11.3 Å². The van der Waals surface area contributed by atoms with Crippen molar-refractivity contribution in [3.63, 3.8) is 0 Å². The van der Waals surface area contributed by atoms with E-state index in [1.807, 2.05) is 35.0 Å². The number of carbonyl (C=O) groups excluding carboxylic acids is 1. The molecule has 0 atom stereocenters. The van der Waals surface area contributed by atoms with Gasteiger partial charge in [0.1, 0.15) is 5.82 Å². The Bertz CT molecular complexity index is 914. The van der Waals surface area contributed by atoms with Crippen molar-refractivity contribution < 1.29 is 4.79 Å². The van der Waals surface area contributed by atoms with Gasteiger partial charge in [-0.15, -0.1) is 0 Å². The van der Waals surface area contributed by atoms with Gasteiger partial charge in [0.05, 0.1) is 29.9 Å². The van der Waals surface area contributed by atoms with Crippen LogP contribution in [-0.2, 0) is 4.79 Å². The second kappa shape index (κ2) is 8.31.